The zero-order valence-corrected chi connectivity index (χ0v) is 17.4. The minimum absolute atomic E-state index is 0.0561. The molecule has 0 atom stereocenters. The van der Waals surface area contributed by atoms with Gasteiger partial charge in [0.05, 0.1) is 0 Å². The monoisotopic (exact) mass is 376 g/mol. The maximum absolute atomic E-state index is 9.16. The third kappa shape index (κ3) is 3.99. The van der Waals surface area contributed by atoms with E-state index in [4.69, 9.17) is 9.53 Å². The van der Waals surface area contributed by atoms with Crippen LogP contribution in [-0.4, -0.2) is 20.0 Å². The molecule has 140 valence electrons. The van der Waals surface area contributed by atoms with E-state index >= 15 is 0 Å². The smallest absolute Gasteiger partial charge is 0.319 e. The molecule has 3 heteroatoms. The second-order valence-electron chi connectivity index (χ2n) is 7.88. The van der Waals surface area contributed by atoms with Crippen molar-refractivity contribution in [3.63, 3.8) is 0 Å². The third-order valence-electron chi connectivity index (χ3n) is 5.01. The maximum Gasteiger partial charge on any atom is 0.319 e. The van der Waals surface area contributed by atoms with E-state index in [2.05, 4.69) is 81.4 Å². The van der Waals surface area contributed by atoms with Gasteiger partial charge in [-0.1, -0.05) is 93.6 Å². The molecule has 0 amide bonds. The quantitative estimate of drug-likeness (QED) is 0.655. The third-order valence-corrected chi connectivity index (χ3v) is 9.96. The lowest BCUT2D eigenvalue weighted by molar-refractivity contribution is 0.299. The first-order chi connectivity index (χ1) is 13.0. The molecular weight excluding hydrogens is 348 g/mol. The molecule has 0 unspecified atom stereocenters. The highest BCUT2D eigenvalue weighted by molar-refractivity contribution is 7.00. The predicted octanol–water partition coefficient (Wildman–Crippen LogP) is 4.16. The number of hydrogen-bond acceptors (Lipinski definition) is 2. The van der Waals surface area contributed by atoms with Gasteiger partial charge in [-0.05, 0) is 39.5 Å². The lowest BCUT2D eigenvalue weighted by Gasteiger charge is -2.43. The summed E-state index contributed by atoms with van der Waals surface area (Å²) in [6, 6.07) is 29.4. The second-order valence-corrected chi connectivity index (χ2v) is 12.1. The van der Waals surface area contributed by atoms with E-state index in [-0.39, 0.29) is 11.6 Å². The van der Waals surface area contributed by atoms with Gasteiger partial charge < -0.3 is 9.53 Å². The van der Waals surface area contributed by atoms with Gasteiger partial charge in [-0.2, -0.15) is 0 Å². The Hall–Kier alpha value is -2.36. The van der Waals surface area contributed by atoms with Crippen LogP contribution in [0.15, 0.2) is 84.9 Å². The second kappa shape index (κ2) is 8.11. The van der Waals surface area contributed by atoms with Crippen LogP contribution in [0.4, 0.5) is 0 Å². The lowest BCUT2D eigenvalue weighted by Crippen LogP contribution is -2.68. The molecule has 3 aromatic rings. The van der Waals surface area contributed by atoms with Crippen molar-refractivity contribution in [2.24, 2.45) is 0 Å². The summed E-state index contributed by atoms with van der Waals surface area (Å²) in [4.78, 5) is 0. The number of aliphatic hydroxyl groups is 1. The molecule has 0 saturated carbocycles. The van der Waals surface area contributed by atoms with Gasteiger partial charge in [0.2, 0.25) is 0 Å². The predicted molar refractivity (Wildman–Crippen MR) is 115 cm³/mol. The highest BCUT2D eigenvalue weighted by atomic mass is 28.4. The van der Waals surface area contributed by atoms with Crippen molar-refractivity contribution < 1.29 is 9.53 Å². The lowest BCUT2D eigenvalue weighted by atomic mass is 10.2. The van der Waals surface area contributed by atoms with Gasteiger partial charge in [0, 0.05) is 6.61 Å². The normalized spacial score (nSPS) is 12.0. The minimum atomic E-state index is -2.58. The van der Waals surface area contributed by atoms with Crippen LogP contribution in [0.5, 0.6) is 5.75 Å². The van der Waals surface area contributed by atoms with Gasteiger partial charge in [0.15, 0.2) is 0 Å². The van der Waals surface area contributed by atoms with Crippen LogP contribution in [0.3, 0.4) is 0 Å². The van der Waals surface area contributed by atoms with E-state index < -0.39 is 8.32 Å². The molecule has 0 aliphatic carbocycles. The van der Waals surface area contributed by atoms with Crippen LogP contribution in [0, 0.1) is 0 Å². The van der Waals surface area contributed by atoms with E-state index in [1.807, 2.05) is 24.3 Å². The Labute approximate surface area is 163 Å². The summed E-state index contributed by atoms with van der Waals surface area (Å²) in [6.45, 7) is 6.99. The zero-order chi connectivity index (χ0) is 19.3. The molecule has 0 aliphatic rings. The highest BCUT2D eigenvalue weighted by Gasteiger charge is 2.52. The maximum atomic E-state index is 9.16. The van der Waals surface area contributed by atoms with Crippen molar-refractivity contribution >= 4 is 18.7 Å². The average molecular weight is 377 g/mol. The summed E-state index contributed by atoms with van der Waals surface area (Å²) < 4.78 is 6.95. The van der Waals surface area contributed by atoms with Crippen LogP contribution >= 0.6 is 0 Å². The Bertz CT molecular complexity index is 798. The Morgan fingerprint density at radius 1 is 0.741 bits per heavy atom. The summed E-state index contributed by atoms with van der Waals surface area (Å²) in [5.74, 6) is 0.881. The Balaban J connectivity index is 2.14. The topological polar surface area (TPSA) is 29.5 Å². The van der Waals surface area contributed by atoms with Crippen molar-refractivity contribution in [3.05, 3.63) is 90.5 Å². The van der Waals surface area contributed by atoms with Crippen LogP contribution in [0.2, 0.25) is 5.04 Å². The van der Waals surface area contributed by atoms with E-state index in [1.165, 1.54) is 10.4 Å². The van der Waals surface area contributed by atoms with Crippen LogP contribution < -0.4 is 14.8 Å². The van der Waals surface area contributed by atoms with Crippen molar-refractivity contribution in [1.82, 2.24) is 0 Å². The minimum Gasteiger partial charge on any atom is -0.534 e. The van der Waals surface area contributed by atoms with Crippen molar-refractivity contribution in [3.8, 4) is 5.75 Å². The van der Waals surface area contributed by atoms with Crippen LogP contribution in [-0.2, 0) is 6.42 Å². The average Bonchev–Trinajstić information content (AvgIpc) is 2.68. The first-order valence-corrected chi connectivity index (χ1v) is 11.4. The molecule has 3 rings (SSSR count). The summed E-state index contributed by atoms with van der Waals surface area (Å²) in [5, 5.41) is 11.6. The van der Waals surface area contributed by atoms with E-state index in [1.54, 1.807) is 0 Å². The Morgan fingerprint density at radius 2 is 1.22 bits per heavy atom. The molecule has 0 aromatic heterocycles. The summed E-state index contributed by atoms with van der Waals surface area (Å²) in [7, 11) is -2.58. The molecule has 0 radical (unpaired) electrons. The van der Waals surface area contributed by atoms with Gasteiger partial charge in [-0.3, -0.25) is 0 Å². The van der Waals surface area contributed by atoms with Gasteiger partial charge >= 0.3 is 8.32 Å². The number of benzene rings is 3. The summed E-state index contributed by atoms with van der Waals surface area (Å²) >= 11 is 0. The highest BCUT2D eigenvalue weighted by Crippen LogP contribution is 2.37. The van der Waals surface area contributed by atoms with Crippen LogP contribution in [0.25, 0.3) is 0 Å². The van der Waals surface area contributed by atoms with E-state index in [9.17, 15) is 0 Å². The van der Waals surface area contributed by atoms with Crippen molar-refractivity contribution in [2.75, 3.05) is 6.61 Å². The molecule has 3 aromatic carbocycles. The Morgan fingerprint density at radius 3 is 1.63 bits per heavy atom. The first-order valence-electron chi connectivity index (χ1n) is 9.47. The molecule has 2 nitrogen and oxygen atoms in total. The van der Waals surface area contributed by atoms with Crippen molar-refractivity contribution in [2.45, 2.75) is 32.2 Å². The van der Waals surface area contributed by atoms with Gasteiger partial charge in [0.25, 0.3) is 0 Å². The fraction of sp³-hybridized carbons (Fsp3) is 0.250. The van der Waals surface area contributed by atoms with Crippen LogP contribution in [0.1, 0.15) is 26.3 Å². The van der Waals surface area contributed by atoms with E-state index in [0.29, 0.717) is 6.42 Å². The molecule has 1 N–H and O–H groups in total. The van der Waals surface area contributed by atoms with E-state index in [0.717, 1.165) is 11.3 Å². The molecule has 0 bridgehead atoms. The molecule has 0 aliphatic heterocycles. The Kier molecular flexibility index (Phi) is 5.83. The summed E-state index contributed by atoms with van der Waals surface area (Å²) in [5.41, 5.74) is 1.12. The molecule has 0 fully saturated rings. The van der Waals surface area contributed by atoms with Gasteiger partial charge in [-0.25, -0.2) is 0 Å². The fourth-order valence-electron chi connectivity index (χ4n) is 3.68. The number of aliphatic hydroxyl groups excluding tert-OH is 1. The molecule has 0 heterocycles. The molecular formula is C24H28O2Si. The number of hydrogen-bond donors (Lipinski definition) is 1. The largest absolute Gasteiger partial charge is 0.534 e. The summed E-state index contributed by atoms with van der Waals surface area (Å²) in [6.07, 6.45) is 0.666. The fourth-order valence-corrected chi connectivity index (χ4v) is 8.10. The number of rotatable bonds is 6. The SMILES string of the molecule is CC(C)(C)[Si](Oc1ccc(CCO)cc1)(c1ccccc1)c1ccccc1. The molecule has 27 heavy (non-hydrogen) atoms. The standard InChI is InChI=1S/C24H28O2Si/c1-24(2,3)27(22-10-6-4-7-11-22,23-12-8-5-9-13-23)26-21-16-14-20(15-17-21)18-19-25/h4-17,25H,18-19H2,1-3H3. The van der Waals surface area contributed by atoms with Gasteiger partial charge in [0.1, 0.15) is 5.75 Å². The molecule has 0 saturated heterocycles. The molecule has 0 spiro atoms. The zero-order valence-electron chi connectivity index (χ0n) is 16.4. The van der Waals surface area contributed by atoms with Gasteiger partial charge in [-0.15, -0.1) is 0 Å². The first kappa shape index (κ1) is 19.4. The van der Waals surface area contributed by atoms with Crippen molar-refractivity contribution in [1.29, 1.82) is 0 Å².